The topological polar surface area (TPSA) is 90.4 Å². The van der Waals surface area contributed by atoms with Gasteiger partial charge in [0.25, 0.3) is 0 Å². The average molecular weight is 540 g/mol. The van der Waals surface area contributed by atoms with Crippen molar-refractivity contribution in [3.63, 3.8) is 0 Å². The summed E-state index contributed by atoms with van der Waals surface area (Å²) in [5.74, 6) is 2.78. The Bertz CT molecular complexity index is 1210. The van der Waals surface area contributed by atoms with Crippen molar-refractivity contribution in [3.8, 4) is 11.5 Å². The van der Waals surface area contributed by atoms with Gasteiger partial charge < -0.3 is 24.5 Å². The van der Waals surface area contributed by atoms with Crippen molar-refractivity contribution in [2.75, 3.05) is 31.5 Å². The van der Waals surface area contributed by atoms with Gasteiger partial charge in [-0.2, -0.15) is 4.98 Å². The van der Waals surface area contributed by atoms with Crippen molar-refractivity contribution < 1.29 is 13.9 Å². The number of unbranched alkanes of at least 4 members (excludes halogenated alkanes) is 1. The summed E-state index contributed by atoms with van der Waals surface area (Å²) in [5, 5.41) is 8.17. The number of nitrogens with one attached hydrogen (secondary N) is 2. The van der Waals surface area contributed by atoms with E-state index in [1.807, 2.05) is 30.5 Å². The minimum absolute atomic E-state index is 0.143. The lowest BCUT2D eigenvalue weighted by atomic mass is 9.95. The van der Waals surface area contributed by atoms with Crippen LogP contribution < -0.4 is 20.1 Å². The maximum Gasteiger partial charge on any atom is 0.225 e. The number of fused-ring (bicyclic) bond motifs is 1. The summed E-state index contributed by atoms with van der Waals surface area (Å²) in [7, 11) is 1.38. The zero-order valence-corrected chi connectivity index (χ0v) is 25.6. The number of methoxy groups -OCH3 is 2. The van der Waals surface area contributed by atoms with Gasteiger partial charge in [0.1, 0.15) is 17.3 Å². The number of ether oxygens (including phenoxy) is 2. The van der Waals surface area contributed by atoms with Gasteiger partial charge in [-0.15, -0.1) is 0 Å². The smallest absolute Gasteiger partial charge is 0.225 e. The van der Waals surface area contributed by atoms with Crippen molar-refractivity contribution in [2.45, 2.75) is 84.1 Å². The lowest BCUT2D eigenvalue weighted by Gasteiger charge is -2.40. The Labute approximate surface area is 229 Å². The number of rotatable bonds is 13. The van der Waals surface area contributed by atoms with Crippen LogP contribution in [-0.4, -0.2) is 49.6 Å². The number of aromatic nitrogens is 3. The molecule has 2 aromatic heterocycles. The van der Waals surface area contributed by atoms with Crippen LogP contribution in [0.15, 0.2) is 36.7 Å². The molecule has 38 heavy (non-hydrogen) atoms. The first kappa shape index (κ1) is 29.6. The highest BCUT2D eigenvalue weighted by atomic mass is 28.4. The van der Waals surface area contributed by atoms with Gasteiger partial charge in [-0.1, -0.05) is 40.5 Å². The van der Waals surface area contributed by atoms with E-state index in [0.29, 0.717) is 19.1 Å². The fourth-order valence-corrected chi connectivity index (χ4v) is 5.01. The van der Waals surface area contributed by atoms with Crippen molar-refractivity contribution in [1.82, 2.24) is 15.0 Å². The molecule has 0 saturated carbocycles. The molecule has 208 valence electrons. The normalized spacial score (nSPS) is 13.7. The molecule has 0 unspecified atom stereocenters. The second kappa shape index (κ2) is 12.3. The van der Waals surface area contributed by atoms with E-state index in [2.05, 4.69) is 63.3 Å². The maximum absolute atomic E-state index is 6.70. The SMILES string of the molecule is CCCC[C@](C)(CO[Si](C)(C)C(C)(C)C)Nc1nc(NCc2ccc(OC)cc2OC)nc2ccncc12. The molecular formula is C29H45N5O3Si. The molecule has 0 radical (unpaired) electrons. The first-order valence-electron chi connectivity index (χ1n) is 13.4. The minimum Gasteiger partial charge on any atom is -0.497 e. The monoisotopic (exact) mass is 539 g/mol. The molecule has 1 aromatic carbocycles. The molecule has 0 bridgehead atoms. The van der Waals surface area contributed by atoms with E-state index >= 15 is 0 Å². The Hall–Kier alpha value is -2.91. The predicted octanol–water partition coefficient (Wildman–Crippen LogP) is 7.04. The zero-order chi connectivity index (χ0) is 28.0. The summed E-state index contributed by atoms with van der Waals surface area (Å²) >= 11 is 0. The van der Waals surface area contributed by atoms with Crippen LogP contribution in [0, 0.1) is 0 Å². The van der Waals surface area contributed by atoms with Crippen molar-refractivity contribution in [2.24, 2.45) is 0 Å². The lowest BCUT2D eigenvalue weighted by Crippen LogP contribution is -2.48. The van der Waals surface area contributed by atoms with E-state index in [0.717, 1.165) is 53.0 Å². The van der Waals surface area contributed by atoms with Crippen LogP contribution in [0.4, 0.5) is 11.8 Å². The molecule has 2 N–H and O–H groups in total. The molecule has 3 rings (SSSR count). The number of pyridine rings is 1. The van der Waals surface area contributed by atoms with Gasteiger partial charge in [0.05, 0.1) is 37.3 Å². The van der Waals surface area contributed by atoms with E-state index in [1.54, 1.807) is 20.4 Å². The Morgan fingerprint density at radius 2 is 1.76 bits per heavy atom. The molecule has 0 saturated heterocycles. The van der Waals surface area contributed by atoms with E-state index in [4.69, 9.17) is 23.9 Å². The summed E-state index contributed by atoms with van der Waals surface area (Å²) in [6, 6.07) is 7.69. The summed E-state index contributed by atoms with van der Waals surface area (Å²) < 4.78 is 17.6. The van der Waals surface area contributed by atoms with Crippen LogP contribution in [0.1, 0.15) is 59.4 Å². The average Bonchev–Trinajstić information content (AvgIpc) is 2.89. The van der Waals surface area contributed by atoms with Crippen LogP contribution in [0.2, 0.25) is 18.1 Å². The third-order valence-electron chi connectivity index (χ3n) is 7.49. The Morgan fingerprint density at radius 1 is 1.00 bits per heavy atom. The molecule has 0 aliphatic heterocycles. The number of nitrogens with zero attached hydrogens (tertiary/aromatic N) is 3. The number of benzene rings is 1. The highest BCUT2D eigenvalue weighted by molar-refractivity contribution is 6.74. The van der Waals surface area contributed by atoms with Gasteiger partial charge in [0.15, 0.2) is 8.32 Å². The summed E-state index contributed by atoms with van der Waals surface area (Å²) in [4.78, 5) is 14.0. The van der Waals surface area contributed by atoms with E-state index in [-0.39, 0.29) is 10.6 Å². The number of hydrogen-bond donors (Lipinski definition) is 2. The van der Waals surface area contributed by atoms with Crippen molar-refractivity contribution in [3.05, 3.63) is 42.2 Å². The van der Waals surface area contributed by atoms with Gasteiger partial charge in [0.2, 0.25) is 5.95 Å². The van der Waals surface area contributed by atoms with E-state index in [1.165, 1.54) is 0 Å². The first-order chi connectivity index (χ1) is 17.9. The van der Waals surface area contributed by atoms with Crippen LogP contribution in [0.5, 0.6) is 11.5 Å². The van der Waals surface area contributed by atoms with Crippen molar-refractivity contribution >= 4 is 31.0 Å². The van der Waals surface area contributed by atoms with Gasteiger partial charge in [0, 0.05) is 30.6 Å². The third kappa shape index (κ3) is 7.35. The molecule has 0 fully saturated rings. The number of hydrogen-bond acceptors (Lipinski definition) is 8. The van der Waals surface area contributed by atoms with Crippen LogP contribution in [0.25, 0.3) is 10.9 Å². The highest BCUT2D eigenvalue weighted by Crippen LogP contribution is 2.38. The minimum atomic E-state index is -1.92. The second-order valence-electron chi connectivity index (χ2n) is 11.7. The lowest BCUT2D eigenvalue weighted by molar-refractivity contribution is 0.214. The van der Waals surface area contributed by atoms with Crippen LogP contribution in [0.3, 0.4) is 0 Å². The summed E-state index contributed by atoms with van der Waals surface area (Å²) in [6.45, 7) is 17.0. The Morgan fingerprint density at radius 3 is 2.42 bits per heavy atom. The number of anilines is 2. The fraction of sp³-hybridized carbons (Fsp3) is 0.552. The highest BCUT2D eigenvalue weighted by Gasteiger charge is 2.39. The Kier molecular flexibility index (Phi) is 9.59. The van der Waals surface area contributed by atoms with Crippen LogP contribution >= 0.6 is 0 Å². The molecule has 0 spiro atoms. The second-order valence-corrected chi connectivity index (χ2v) is 16.5. The Balaban J connectivity index is 1.90. The summed E-state index contributed by atoms with van der Waals surface area (Å²) in [6.07, 6.45) is 6.75. The molecule has 0 aliphatic carbocycles. The molecule has 1 atom stereocenters. The van der Waals surface area contributed by atoms with Crippen LogP contribution in [-0.2, 0) is 11.0 Å². The van der Waals surface area contributed by atoms with Gasteiger partial charge in [-0.25, -0.2) is 4.98 Å². The van der Waals surface area contributed by atoms with Crippen molar-refractivity contribution in [1.29, 1.82) is 0 Å². The molecule has 2 heterocycles. The third-order valence-corrected chi connectivity index (χ3v) is 12.0. The molecule has 0 aliphatic rings. The standard InChI is InChI=1S/C29H45N5O3Si/c1-10-11-15-29(5,20-37-38(8,9)28(2,3)4)34-26-23-19-30-16-14-24(23)32-27(33-26)31-18-21-12-13-22(35-6)17-25(21)36-7/h12-14,16-17,19H,10-11,15,18,20H2,1-9H3,(H2,31,32,33,34)/t29-/m1/s1. The summed E-state index contributed by atoms with van der Waals surface area (Å²) in [5.41, 5.74) is 1.51. The van der Waals surface area contributed by atoms with Gasteiger partial charge in [-0.3, -0.25) is 4.98 Å². The first-order valence-corrected chi connectivity index (χ1v) is 16.3. The van der Waals surface area contributed by atoms with E-state index in [9.17, 15) is 0 Å². The zero-order valence-electron chi connectivity index (χ0n) is 24.6. The van der Waals surface area contributed by atoms with Gasteiger partial charge >= 0.3 is 0 Å². The largest absolute Gasteiger partial charge is 0.497 e. The quantitative estimate of drug-likeness (QED) is 0.224. The molecular weight excluding hydrogens is 494 g/mol. The molecule has 0 amide bonds. The predicted molar refractivity (Wildman–Crippen MR) is 159 cm³/mol. The maximum atomic E-state index is 6.70. The fourth-order valence-electron chi connectivity index (χ4n) is 3.90. The molecule has 8 nitrogen and oxygen atoms in total. The van der Waals surface area contributed by atoms with E-state index < -0.39 is 8.32 Å². The molecule has 3 aromatic rings. The van der Waals surface area contributed by atoms with Gasteiger partial charge in [-0.05, 0) is 49.7 Å². The molecule has 9 heteroatoms.